The lowest BCUT2D eigenvalue weighted by atomic mass is 10.1. The lowest BCUT2D eigenvalue weighted by molar-refractivity contribution is -0.141. The minimum Gasteiger partial charge on any atom is -0.312 e. The van der Waals surface area contributed by atoms with Crippen LogP contribution >= 0.6 is 0 Å². The molecule has 0 saturated heterocycles. The number of halogens is 3. The Morgan fingerprint density at radius 3 is 2.47 bits per heavy atom. The molecule has 0 bridgehead atoms. The van der Waals surface area contributed by atoms with Gasteiger partial charge < -0.3 is 5.32 Å². The van der Waals surface area contributed by atoms with Gasteiger partial charge in [0.2, 0.25) is 0 Å². The normalized spacial score (nSPS) is 18.5. The average Bonchev–Trinajstić information content (AvgIpc) is 2.67. The van der Waals surface area contributed by atoms with Crippen molar-refractivity contribution >= 4 is 0 Å². The first-order valence-electron chi connectivity index (χ1n) is 6.90. The second-order valence-corrected chi connectivity index (χ2v) is 5.10. The second kappa shape index (κ2) is 6.41. The smallest absolute Gasteiger partial charge is 0.312 e. The van der Waals surface area contributed by atoms with Crippen LogP contribution < -0.4 is 5.32 Å². The van der Waals surface area contributed by atoms with E-state index in [0.717, 1.165) is 6.07 Å². The molecule has 1 heterocycles. The van der Waals surface area contributed by atoms with Crippen LogP contribution in [0.2, 0.25) is 0 Å². The molecule has 0 radical (unpaired) electrons. The van der Waals surface area contributed by atoms with Crippen molar-refractivity contribution in [1.82, 2.24) is 15.1 Å². The van der Waals surface area contributed by atoms with Gasteiger partial charge in [-0.1, -0.05) is 25.7 Å². The van der Waals surface area contributed by atoms with Gasteiger partial charge in [-0.2, -0.15) is 18.3 Å². The van der Waals surface area contributed by atoms with E-state index in [4.69, 9.17) is 0 Å². The third-order valence-electron chi connectivity index (χ3n) is 3.56. The van der Waals surface area contributed by atoms with Gasteiger partial charge in [0.15, 0.2) is 5.69 Å². The third kappa shape index (κ3) is 4.53. The Kier molecular flexibility index (Phi) is 4.85. The highest BCUT2D eigenvalue weighted by Gasteiger charge is 2.33. The number of hydrogen-bond donors (Lipinski definition) is 1. The van der Waals surface area contributed by atoms with Crippen molar-refractivity contribution in [3.63, 3.8) is 0 Å². The summed E-state index contributed by atoms with van der Waals surface area (Å²) in [6.45, 7) is 1.15. The first-order valence-corrected chi connectivity index (χ1v) is 6.90. The van der Waals surface area contributed by atoms with Crippen molar-refractivity contribution in [1.29, 1.82) is 0 Å². The van der Waals surface area contributed by atoms with E-state index < -0.39 is 11.9 Å². The lowest BCUT2D eigenvalue weighted by Crippen LogP contribution is -2.31. The molecule has 1 aliphatic rings. The summed E-state index contributed by atoms with van der Waals surface area (Å²) in [7, 11) is 0. The number of nitrogens with one attached hydrogen (secondary N) is 1. The molecule has 1 aromatic heterocycles. The van der Waals surface area contributed by atoms with Gasteiger partial charge in [-0.05, 0) is 18.9 Å². The highest BCUT2D eigenvalue weighted by atomic mass is 19.4. The molecule has 6 heteroatoms. The Bertz CT molecular complexity index is 379. The van der Waals surface area contributed by atoms with Gasteiger partial charge >= 0.3 is 6.18 Å². The Morgan fingerprint density at radius 1 is 1.21 bits per heavy atom. The van der Waals surface area contributed by atoms with Crippen molar-refractivity contribution in [3.8, 4) is 0 Å². The largest absolute Gasteiger partial charge is 0.435 e. The summed E-state index contributed by atoms with van der Waals surface area (Å²) in [5.74, 6) is 0. The maximum atomic E-state index is 12.4. The van der Waals surface area contributed by atoms with E-state index in [2.05, 4.69) is 10.4 Å². The molecular weight excluding hydrogens is 255 g/mol. The summed E-state index contributed by atoms with van der Waals surface area (Å²) >= 11 is 0. The fraction of sp³-hybridized carbons (Fsp3) is 0.769. The Morgan fingerprint density at radius 2 is 1.89 bits per heavy atom. The van der Waals surface area contributed by atoms with E-state index in [9.17, 15) is 13.2 Å². The molecule has 0 spiro atoms. The first kappa shape index (κ1) is 14.4. The van der Waals surface area contributed by atoms with Crippen LogP contribution in [0, 0.1) is 0 Å². The standard InChI is InChI=1S/C13H20F3N3/c14-13(15,16)12-7-9-19(18-12)10-8-17-11-5-3-1-2-4-6-11/h7,9,11,17H,1-6,8,10H2. The minimum atomic E-state index is -4.35. The van der Waals surface area contributed by atoms with E-state index in [1.54, 1.807) is 0 Å². The van der Waals surface area contributed by atoms with Crippen LogP contribution in [-0.4, -0.2) is 22.4 Å². The highest BCUT2D eigenvalue weighted by Crippen LogP contribution is 2.27. The molecule has 0 unspecified atom stereocenters. The minimum absolute atomic E-state index is 0.479. The van der Waals surface area contributed by atoms with Crippen LogP contribution in [0.25, 0.3) is 0 Å². The van der Waals surface area contributed by atoms with Gasteiger partial charge in [0.25, 0.3) is 0 Å². The van der Waals surface area contributed by atoms with Gasteiger partial charge in [-0.3, -0.25) is 4.68 Å². The molecule has 1 aliphatic carbocycles. The number of alkyl halides is 3. The van der Waals surface area contributed by atoms with Gasteiger partial charge in [0.05, 0.1) is 6.54 Å². The maximum Gasteiger partial charge on any atom is 0.435 e. The number of rotatable bonds is 4. The van der Waals surface area contributed by atoms with Gasteiger partial charge in [-0.15, -0.1) is 0 Å². The molecule has 19 heavy (non-hydrogen) atoms. The molecule has 3 nitrogen and oxygen atoms in total. The maximum absolute atomic E-state index is 12.4. The molecule has 0 aromatic carbocycles. The number of nitrogens with zero attached hydrogens (tertiary/aromatic N) is 2. The van der Waals surface area contributed by atoms with Crippen LogP contribution in [0.4, 0.5) is 13.2 Å². The fourth-order valence-electron chi connectivity index (χ4n) is 2.50. The highest BCUT2D eigenvalue weighted by molar-refractivity contribution is 5.03. The van der Waals surface area contributed by atoms with Crippen LogP contribution in [0.1, 0.15) is 44.2 Å². The molecule has 1 fully saturated rings. The second-order valence-electron chi connectivity index (χ2n) is 5.10. The Hall–Kier alpha value is -1.04. The molecule has 1 aromatic rings. The summed E-state index contributed by atoms with van der Waals surface area (Å²) in [6, 6.07) is 1.53. The summed E-state index contributed by atoms with van der Waals surface area (Å²) in [5, 5.41) is 6.95. The van der Waals surface area contributed by atoms with Crippen molar-refractivity contribution < 1.29 is 13.2 Å². The Balaban J connectivity index is 1.74. The Labute approximate surface area is 111 Å². The first-order chi connectivity index (χ1) is 9.05. The van der Waals surface area contributed by atoms with Crippen LogP contribution in [0.15, 0.2) is 12.3 Å². The molecule has 1 N–H and O–H groups in total. The van der Waals surface area contributed by atoms with Crippen molar-refractivity contribution in [2.45, 2.75) is 57.3 Å². The SMILES string of the molecule is FC(F)(F)c1ccn(CCNC2CCCCCC2)n1. The van der Waals surface area contributed by atoms with Gasteiger partial charge in [-0.25, -0.2) is 0 Å². The van der Waals surface area contributed by atoms with E-state index in [1.807, 2.05) is 0 Å². The zero-order chi connectivity index (χ0) is 13.7. The number of aromatic nitrogens is 2. The zero-order valence-electron chi connectivity index (χ0n) is 10.9. The quantitative estimate of drug-likeness (QED) is 0.855. The summed E-state index contributed by atoms with van der Waals surface area (Å²) in [6.07, 6.45) is 4.48. The van der Waals surface area contributed by atoms with Gasteiger partial charge in [0, 0.05) is 18.8 Å². The molecule has 0 atom stereocenters. The average molecular weight is 275 g/mol. The van der Waals surface area contributed by atoms with Gasteiger partial charge in [0.1, 0.15) is 0 Å². The summed E-state index contributed by atoms with van der Waals surface area (Å²) in [5.41, 5.74) is -0.818. The zero-order valence-corrected chi connectivity index (χ0v) is 10.9. The van der Waals surface area contributed by atoms with Crippen LogP contribution in [0.3, 0.4) is 0 Å². The van der Waals surface area contributed by atoms with Crippen molar-refractivity contribution in [2.24, 2.45) is 0 Å². The van der Waals surface area contributed by atoms with E-state index in [1.165, 1.54) is 49.4 Å². The molecular formula is C13H20F3N3. The molecule has 0 amide bonds. The molecule has 0 aliphatic heterocycles. The summed E-state index contributed by atoms with van der Waals surface area (Å²) in [4.78, 5) is 0. The van der Waals surface area contributed by atoms with Crippen LogP contribution in [-0.2, 0) is 12.7 Å². The predicted octanol–water partition coefficient (Wildman–Crippen LogP) is 3.21. The topological polar surface area (TPSA) is 29.9 Å². The van der Waals surface area contributed by atoms with Crippen molar-refractivity contribution in [3.05, 3.63) is 18.0 Å². The fourth-order valence-corrected chi connectivity index (χ4v) is 2.50. The molecule has 1 saturated carbocycles. The predicted molar refractivity (Wildman–Crippen MR) is 66.7 cm³/mol. The van der Waals surface area contributed by atoms with Crippen LogP contribution in [0.5, 0.6) is 0 Å². The lowest BCUT2D eigenvalue weighted by Gasteiger charge is -2.15. The number of hydrogen-bond acceptors (Lipinski definition) is 2. The van der Waals surface area contributed by atoms with E-state index >= 15 is 0 Å². The molecule has 108 valence electrons. The monoisotopic (exact) mass is 275 g/mol. The van der Waals surface area contributed by atoms with Crippen molar-refractivity contribution in [2.75, 3.05) is 6.54 Å². The third-order valence-corrected chi connectivity index (χ3v) is 3.56. The van der Waals surface area contributed by atoms with E-state index in [-0.39, 0.29) is 0 Å². The summed E-state index contributed by atoms with van der Waals surface area (Å²) < 4.78 is 38.5. The molecule has 2 rings (SSSR count). The van der Waals surface area contributed by atoms with E-state index in [0.29, 0.717) is 19.1 Å².